The smallest absolute Gasteiger partial charge is 0.273 e. The van der Waals surface area contributed by atoms with Crippen LogP contribution in [0.5, 0.6) is 0 Å². The predicted molar refractivity (Wildman–Crippen MR) is 78.4 cm³/mol. The van der Waals surface area contributed by atoms with Gasteiger partial charge in [0.1, 0.15) is 5.60 Å². The highest BCUT2D eigenvalue weighted by Crippen LogP contribution is 2.54. The fourth-order valence-corrected chi connectivity index (χ4v) is 3.91. The van der Waals surface area contributed by atoms with Gasteiger partial charge in [-0.05, 0) is 31.6 Å². The van der Waals surface area contributed by atoms with E-state index in [0.29, 0.717) is 6.42 Å². The average molecular weight is 291 g/mol. The lowest BCUT2D eigenvalue weighted by molar-refractivity contribution is -0.315. The number of carbonyl (C=O) groups is 1. The summed E-state index contributed by atoms with van der Waals surface area (Å²) >= 11 is 1.42. The fraction of sp³-hybridized carbons (Fsp3) is 0.400. The molecule has 1 amide bonds. The Bertz CT molecular complexity index is 603. The number of para-hydroxylation sites is 1. The minimum Gasteiger partial charge on any atom is -0.311 e. The van der Waals surface area contributed by atoms with Crippen molar-refractivity contribution in [3.63, 3.8) is 0 Å². The van der Waals surface area contributed by atoms with Crippen LogP contribution < -0.4 is 4.90 Å². The van der Waals surface area contributed by atoms with Crippen LogP contribution in [-0.2, 0) is 14.6 Å². The molecule has 2 unspecified atom stereocenters. The van der Waals surface area contributed by atoms with E-state index in [2.05, 4.69) is 6.58 Å². The molecule has 0 bridgehead atoms. The third-order valence-electron chi connectivity index (χ3n) is 3.96. The topological polar surface area (TPSA) is 38.8 Å². The van der Waals surface area contributed by atoms with Crippen LogP contribution in [0.25, 0.3) is 0 Å². The lowest BCUT2D eigenvalue weighted by atomic mass is 9.91. The van der Waals surface area contributed by atoms with Gasteiger partial charge >= 0.3 is 0 Å². The van der Waals surface area contributed by atoms with E-state index < -0.39 is 10.5 Å². The van der Waals surface area contributed by atoms with Gasteiger partial charge in [0.15, 0.2) is 0 Å². The quantitative estimate of drug-likeness (QED) is 0.588. The van der Waals surface area contributed by atoms with Crippen molar-refractivity contribution in [1.82, 2.24) is 0 Å². The van der Waals surface area contributed by atoms with E-state index in [1.165, 1.54) is 11.8 Å². The molecule has 106 valence electrons. The lowest BCUT2D eigenvalue weighted by Crippen LogP contribution is -2.48. The first-order valence-corrected chi connectivity index (χ1v) is 7.29. The molecule has 0 radical (unpaired) electrons. The average Bonchev–Trinajstić information content (AvgIpc) is 2.76. The Hall–Kier alpha value is -1.30. The fourth-order valence-electron chi connectivity index (χ4n) is 2.46. The van der Waals surface area contributed by atoms with Crippen LogP contribution in [0, 0.1) is 0 Å². The van der Waals surface area contributed by atoms with Crippen LogP contribution >= 0.6 is 11.8 Å². The summed E-state index contributed by atoms with van der Waals surface area (Å²) in [4.78, 5) is 25.3. The van der Waals surface area contributed by atoms with Crippen LogP contribution in [-0.4, -0.2) is 23.5 Å². The van der Waals surface area contributed by atoms with Crippen molar-refractivity contribution >= 4 is 23.4 Å². The lowest BCUT2D eigenvalue weighted by Gasteiger charge is -2.35. The number of nitrogens with zero attached hydrogens (tertiary/aromatic N) is 1. The Morgan fingerprint density at radius 1 is 1.40 bits per heavy atom. The van der Waals surface area contributed by atoms with Gasteiger partial charge in [-0.1, -0.05) is 30.5 Å². The molecule has 1 aromatic rings. The first-order valence-electron chi connectivity index (χ1n) is 6.47. The third kappa shape index (κ3) is 1.81. The molecule has 2 aliphatic rings. The molecule has 5 heteroatoms. The van der Waals surface area contributed by atoms with Gasteiger partial charge < -0.3 is 4.90 Å². The Kier molecular flexibility index (Phi) is 2.97. The summed E-state index contributed by atoms with van der Waals surface area (Å²) in [7, 11) is 1.77. The first kappa shape index (κ1) is 13.7. The summed E-state index contributed by atoms with van der Waals surface area (Å²) in [6, 6.07) is 7.80. The molecule has 1 fully saturated rings. The number of fused-ring (bicyclic) bond motifs is 1. The van der Waals surface area contributed by atoms with Crippen LogP contribution in [0.4, 0.5) is 5.69 Å². The number of anilines is 1. The highest BCUT2D eigenvalue weighted by molar-refractivity contribution is 8.01. The second kappa shape index (κ2) is 4.35. The van der Waals surface area contributed by atoms with E-state index in [-0.39, 0.29) is 5.91 Å². The normalized spacial score (nSPS) is 32.5. The van der Waals surface area contributed by atoms with Gasteiger partial charge in [0, 0.05) is 18.4 Å². The summed E-state index contributed by atoms with van der Waals surface area (Å²) < 4.78 is 0. The third-order valence-corrected chi connectivity index (χ3v) is 5.25. The van der Waals surface area contributed by atoms with E-state index in [9.17, 15) is 4.79 Å². The molecule has 0 aliphatic carbocycles. The van der Waals surface area contributed by atoms with Gasteiger partial charge in [0.25, 0.3) is 5.91 Å². The van der Waals surface area contributed by atoms with Crippen molar-refractivity contribution in [3.8, 4) is 0 Å². The molecular weight excluding hydrogens is 274 g/mol. The van der Waals surface area contributed by atoms with E-state index in [0.717, 1.165) is 16.2 Å². The summed E-state index contributed by atoms with van der Waals surface area (Å²) in [6.45, 7) is 7.72. The van der Waals surface area contributed by atoms with Crippen LogP contribution in [0.15, 0.2) is 41.3 Å². The predicted octanol–water partition coefficient (Wildman–Crippen LogP) is 3.14. The molecule has 3 rings (SSSR count). The molecule has 20 heavy (non-hydrogen) atoms. The highest BCUT2D eigenvalue weighted by atomic mass is 32.2. The molecule has 1 spiro atoms. The molecule has 1 saturated heterocycles. The zero-order chi connectivity index (χ0) is 14.5. The standard InChI is InChI=1S/C15H17NO3S/c1-10(2)14(3)9-15(19-18-14)13(17)16(4)11-7-5-6-8-12(11)20-15/h5-8H,1,9H2,2-4H3. The SMILES string of the molecule is C=C(C)C1(C)CC2(OO1)Sc1ccccc1N(C)C2=O. The van der Waals surface area contributed by atoms with Crippen molar-refractivity contribution in [3.05, 3.63) is 36.4 Å². The Morgan fingerprint density at radius 2 is 2.10 bits per heavy atom. The van der Waals surface area contributed by atoms with Crippen molar-refractivity contribution < 1.29 is 14.6 Å². The first-order chi connectivity index (χ1) is 9.38. The molecular formula is C15H17NO3S. The Balaban J connectivity index is 2.01. The van der Waals surface area contributed by atoms with Crippen molar-refractivity contribution in [1.29, 1.82) is 0 Å². The number of thioether (sulfide) groups is 1. The van der Waals surface area contributed by atoms with Gasteiger partial charge in [-0.15, -0.1) is 0 Å². The number of likely N-dealkylation sites (N-methyl/N-ethyl adjacent to an activating group) is 1. The van der Waals surface area contributed by atoms with Crippen molar-refractivity contribution in [2.45, 2.75) is 35.7 Å². The van der Waals surface area contributed by atoms with Crippen molar-refractivity contribution in [2.24, 2.45) is 0 Å². The number of carbonyl (C=O) groups excluding carboxylic acids is 1. The summed E-state index contributed by atoms with van der Waals surface area (Å²) in [5.41, 5.74) is 1.13. The zero-order valence-electron chi connectivity index (χ0n) is 11.8. The maximum absolute atomic E-state index is 12.7. The molecule has 1 aromatic carbocycles. The minimum atomic E-state index is -1.02. The van der Waals surface area contributed by atoms with Crippen LogP contribution in [0.1, 0.15) is 20.3 Å². The monoisotopic (exact) mass is 291 g/mol. The van der Waals surface area contributed by atoms with Gasteiger partial charge in [-0.25, -0.2) is 9.78 Å². The summed E-state index contributed by atoms with van der Waals surface area (Å²) in [5.74, 6) is -0.0915. The van der Waals surface area contributed by atoms with E-state index in [1.54, 1.807) is 11.9 Å². The largest absolute Gasteiger partial charge is 0.311 e. The molecule has 2 atom stereocenters. The zero-order valence-corrected chi connectivity index (χ0v) is 12.6. The maximum Gasteiger partial charge on any atom is 0.273 e. The number of hydrogen-bond donors (Lipinski definition) is 0. The van der Waals surface area contributed by atoms with E-state index in [1.807, 2.05) is 38.1 Å². The maximum atomic E-state index is 12.7. The summed E-state index contributed by atoms with van der Waals surface area (Å²) in [5, 5.41) is 0. The van der Waals surface area contributed by atoms with Crippen molar-refractivity contribution in [2.75, 3.05) is 11.9 Å². The van der Waals surface area contributed by atoms with E-state index in [4.69, 9.17) is 9.78 Å². The Labute approximate surface area is 122 Å². The second-order valence-electron chi connectivity index (χ2n) is 5.54. The number of benzene rings is 1. The molecule has 0 N–H and O–H groups in total. The minimum absolute atomic E-state index is 0.0915. The summed E-state index contributed by atoms with van der Waals surface area (Å²) in [6.07, 6.45) is 0.456. The van der Waals surface area contributed by atoms with E-state index >= 15 is 0 Å². The van der Waals surface area contributed by atoms with Crippen LogP contribution in [0.2, 0.25) is 0 Å². The van der Waals surface area contributed by atoms with Gasteiger partial charge in [0.05, 0.1) is 5.69 Å². The molecule has 2 aliphatic heterocycles. The molecule has 0 saturated carbocycles. The molecule has 0 aromatic heterocycles. The van der Waals surface area contributed by atoms with Gasteiger partial charge in [0.2, 0.25) is 4.93 Å². The molecule has 2 heterocycles. The van der Waals surface area contributed by atoms with Crippen LogP contribution in [0.3, 0.4) is 0 Å². The van der Waals surface area contributed by atoms with Gasteiger partial charge in [-0.3, -0.25) is 4.79 Å². The number of hydrogen-bond acceptors (Lipinski definition) is 4. The van der Waals surface area contributed by atoms with Gasteiger partial charge in [-0.2, -0.15) is 0 Å². The number of rotatable bonds is 1. The highest BCUT2D eigenvalue weighted by Gasteiger charge is 2.58. The second-order valence-corrected chi connectivity index (χ2v) is 6.84. The Morgan fingerprint density at radius 3 is 2.75 bits per heavy atom. The molecule has 4 nitrogen and oxygen atoms in total. The number of amides is 1.